The summed E-state index contributed by atoms with van der Waals surface area (Å²) in [7, 11) is 0. The Labute approximate surface area is 594 Å². The molecule has 0 bridgehead atoms. The van der Waals surface area contributed by atoms with Gasteiger partial charge in [-0.25, -0.2) is 9.59 Å². The van der Waals surface area contributed by atoms with E-state index in [1.165, 1.54) is 43.9 Å². The van der Waals surface area contributed by atoms with Crippen LogP contribution in [-0.4, -0.2) is 293 Å². The molecule has 1 fully saturated rings. The second kappa shape index (κ2) is 46.6. The van der Waals surface area contributed by atoms with Gasteiger partial charge in [-0.1, -0.05) is 42.5 Å². The summed E-state index contributed by atoms with van der Waals surface area (Å²) in [5, 5.41) is 111. The molecule has 39 heteroatoms. The topological polar surface area (TPSA) is 596 Å². The number of hydrogen-bond donors (Lipinski definition) is 16. The number of nitrogens with one attached hydrogen (secondary N) is 6. The molecule has 1 saturated heterocycles. The van der Waals surface area contributed by atoms with Crippen LogP contribution in [0, 0.1) is 5.92 Å². The highest BCUT2D eigenvalue weighted by Gasteiger charge is 2.35. The molecule has 16 N–H and O–H groups in total. The van der Waals surface area contributed by atoms with Crippen LogP contribution in [0.2, 0.25) is 0 Å². The number of benzene rings is 2. The van der Waals surface area contributed by atoms with Crippen LogP contribution < -0.4 is 36.6 Å². The van der Waals surface area contributed by atoms with Gasteiger partial charge in [0.05, 0.1) is 25.0 Å². The monoisotopic (exact) mass is 1470 g/mol. The second-order valence-electron chi connectivity index (χ2n) is 24.2. The number of rotatable bonds is 49. The number of carbonyl (C=O) groups is 17. The standard InChI is InChI=1S/C65H90N10O29/c76-38-104-52(71-65(102)70-45(62(96)97)15-21-55(84)85)8-4-5-23-66-59(92)46(33-39-6-2-1-3-7-39)68-51(79)37-103-42-11-9-40(10-12-42)32-41(61(94)95)34-49(77)43(13-19-53(80)81)69-60(93)44(14-20-54(82)83)67-50(78)18-16-47(63(98)99)74-28-24-72(35-57(88)89)26-30-75(48(64(100)101)17-22-56(86)87)31-27-73(25-29-74)36-58(90)91/h1-3,6-7,9-12,38,41,43-48,52H,4-5,8,13-37H2,(H,66,92)(H,67,78)(H,68,79)(H,69,93)(H,80,81)(H,82,83)(H,84,85)(H,86,87)(H,88,89)(H,90,91)(H,94,95)(H,96,97)(H,98,99)(H,100,101)(H2,70,71,102)/t41-,43+,44+,45+,46+,47?,48?,52-/m1/s1. The van der Waals surface area contributed by atoms with Crippen LogP contribution in [0.5, 0.6) is 5.75 Å². The quantitative estimate of drug-likeness (QED) is 0.0194. The first kappa shape index (κ1) is 87.3. The normalized spacial score (nSPS) is 15.6. The molecule has 2 aromatic rings. The van der Waals surface area contributed by atoms with Crippen molar-refractivity contribution in [2.45, 2.75) is 145 Å². The Kier molecular flexibility index (Phi) is 39.1. The number of urea groups is 1. The fourth-order valence-corrected chi connectivity index (χ4v) is 10.9. The molecule has 104 heavy (non-hydrogen) atoms. The van der Waals surface area contributed by atoms with Crippen molar-refractivity contribution in [1.29, 1.82) is 0 Å². The van der Waals surface area contributed by atoms with Gasteiger partial charge in [0, 0.05) is 110 Å². The Bertz CT molecular complexity index is 3240. The van der Waals surface area contributed by atoms with Crippen LogP contribution in [0.4, 0.5) is 4.79 Å². The maximum atomic E-state index is 14.0. The molecule has 39 nitrogen and oxygen atoms in total. The first-order valence-electron chi connectivity index (χ1n) is 33.0. The summed E-state index contributed by atoms with van der Waals surface area (Å²) in [6, 6.07) is 4.10. The average molecular weight is 1480 g/mol. The van der Waals surface area contributed by atoms with Gasteiger partial charge >= 0.3 is 65.7 Å². The summed E-state index contributed by atoms with van der Waals surface area (Å²) >= 11 is 0. The highest BCUT2D eigenvalue weighted by atomic mass is 16.5. The Hall–Kier alpha value is -10.9. The number of hydrogen-bond acceptors (Lipinski definition) is 23. The van der Waals surface area contributed by atoms with Crippen molar-refractivity contribution in [1.82, 2.24) is 51.5 Å². The summed E-state index contributed by atoms with van der Waals surface area (Å²) in [4.78, 5) is 217. The average Bonchev–Trinajstić information content (AvgIpc) is 0.869. The van der Waals surface area contributed by atoms with Gasteiger partial charge in [-0.2, -0.15) is 0 Å². The lowest BCUT2D eigenvalue weighted by atomic mass is 9.91. The first-order chi connectivity index (χ1) is 49.2. The van der Waals surface area contributed by atoms with Gasteiger partial charge in [0.25, 0.3) is 12.4 Å². The number of Topliss-reactive ketones (excluding diaryl/α,β-unsaturated/α-hetero) is 1. The van der Waals surface area contributed by atoms with E-state index in [0.717, 1.165) is 0 Å². The van der Waals surface area contributed by atoms with E-state index < -0.39 is 227 Å². The Balaban J connectivity index is 1.70. The number of amides is 6. The van der Waals surface area contributed by atoms with Crippen molar-refractivity contribution in [3.63, 3.8) is 0 Å². The fourth-order valence-electron chi connectivity index (χ4n) is 10.9. The smallest absolute Gasteiger partial charge is 0.326 e. The molecule has 1 aliphatic heterocycles. The third-order valence-electron chi connectivity index (χ3n) is 16.4. The van der Waals surface area contributed by atoms with Crippen molar-refractivity contribution in [2.75, 3.05) is 78.6 Å². The molecule has 0 spiro atoms. The zero-order chi connectivity index (χ0) is 77.4. The number of nitrogens with zero attached hydrogens (tertiary/aromatic N) is 4. The summed E-state index contributed by atoms with van der Waals surface area (Å²) in [5.41, 5.74) is 0.993. The molecule has 3 rings (SSSR count). The molecule has 8 atom stereocenters. The summed E-state index contributed by atoms with van der Waals surface area (Å²) < 4.78 is 10.5. The van der Waals surface area contributed by atoms with Gasteiger partial charge in [0.15, 0.2) is 18.6 Å². The second-order valence-corrected chi connectivity index (χ2v) is 24.2. The van der Waals surface area contributed by atoms with E-state index in [4.69, 9.17) is 14.6 Å². The molecule has 574 valence electrons. The van der Waals surface area contributed by atoms with Crippen LogP contribution in [0.1, 0.15) is 101 Å². The van der Waals surface area contributed by atoms with Gasteiger partial charge in [0.1, 0.15) is 36.0 Å². The summed E-state index contributed by atoms with van der Waals surface area (Å²) in [5.74, 6) is -19.8. The van der Waals surface area contributed by atoms with E-state index in [0.29, 0.717) is 11.1 Å². The number of unbranched alkanes of at least 4 members (excludes halogenated alkanes) is 1. The number of aliphatic carboxylic acids is 10. The molecule has 2 unspecified atom stereocenters. The van der Waals surface area contributed by atoms with Gasteiger partial charge in [-0.15, -0.1) is 0 Å². The number of carboxylic acids is 10. The minimum absolute atomic E-state index is 0.0113. The maximum Gasteiger partial charge on any atom is 0.326 e. The third kappa shape index (κ3) is 35.6. The molecule has 0 saturated carbocycles. The lowest BCUT2D eigenvalue weighted by Crippen LogP contribution is -2.54. The number of carboxylic acid groups (broad SMARTS) is 10. The molecule has 1 heterocycles. The number of ketones is 1. The van der Waals surface area contributed by atoms with E-state index in [1.807, 2.05) is 0 Å². The molecule has 0 radical (unpaired) electrons. The Morgan fingerprint density at radius 3 is 1.39 bits per heavy atom. The van der Waals surface area contributed by atoms with Crippen LogP contribution >= 0.6 is 0 Å². The first-order valence-corrected chi connectivity index (χ1v) is 33.0. The Morgan fingerprint density at radius 2 is 0.913 bits per heavy atom. The van der Waals surface area contributed by atoms with Crippen LogP contribution in [0.15, 0.2) is 54.6 Å². The number of ether oxygens (including phenoxy) is 2. The highest BCUT2D eigenvalue weighted by Crippen LogP contribution is 2.21. The summed E-state index contributed by atoms with van der Waals surface area (Å²) in [6.07, 6.45) is -7.56. The molecule has 0 aromatic heterocycles. The van der Waals surface area contributed by atoms with E-state index in [1.54, 1.807) is 30.3 Å². The Morgan fingerprint density at radius 1 is 0.433 bits per heavy atom. The molecule has 2 aromatic carbocycles. The van der Waals surface area contributed by atoms with Crippen molar-refractivity contribution in [3.8, 4) is 5.75 Å². The van der Waals surface area contributed by atoms with E-state index in [-0.39, 0.29) is 110 Å². The minimum atomic E-state index is -1.76. The molecule has 6 amide bonds. The molecular formula is C65H90N10O29. The van der Waals surface area contributed by atoms with Gasteiger partial charge < -0.3 is 92.4 Å². The van der Waals surface area contributed by atoms with Gasteiger partial charge in [-0.3, -0.25) is 91.5 Å². The molecule has 1 aliphatic rings. The number of carbonyl (C=O) groups excluding carboxylic acids is 7. The van der Waals surface area contributed by atoms with E-state index in [9.17, 15) is 127 Å². The molecule has 0 aliphatic carbocycles. The minimum Gasteiger partial charge on any atom is -0.484 e. The lowest BCUT2D eigenvalue weighted by molar-refractivity contribution is -0.146. The predicted molar refractivity (Wildman–Crippen MR) is 354 cm³/mol. The highest BCUT2D eigenvalue weighted by molar-refractivity contribution is 5.95. The van der Waals surface area contributed by atoms with E-state index >= 15 is 0 Å². The largest absolute Gasteiger partial charge is 0.484 e. The maximum absolute atomic E-state index is 14.0. The van der Waals surface area contributed by atoms with Crippen molar-refractivity contribution in [3.05, 3.63) is 65.7 Å². The van der Waals surface area contributed by atoms with Crippen molar-refractivity contribution < 1.29 is 142 Å². The zero-order valence-electron chi connectivity index (χ0n) is 56.7. The van der Waals surface area contributed by atoms with Crippen LogP contribution in [-0.2, 0) is 94.3 Å². The van der Waals surface area contributed by atoms with Crippen LogP contribution in [0.3, 0.4) is 0 Å². The predicted octanol–water partition coefficient (Wildman–Crippen LogP) is -1.96. The van der Waals surface area contributed by atoms with E-state index in [2.05, 4.69) is 31.9 Å². The van der Waals surface area contributed by atoms with Crippen molar-refractivity contribution in [2.24, 2.45) is 5.92 Å². The van der Waals surface area contributed by atoms with Crippen LogP contribution in [0.25, 0.3) is 0 Å². The zero-order valence-corrected chi connectivity index (χ0v) is 56.7. The fraction of sp³-hybridized carbons (Fsp3) is 0.554. The van der Waals surface area contributed by atoms with Gasteiger partial charge in [-0.05, 0) is 74.6 Å². The SMILES string of the molecule is O=CO[C@H](CCCCNC(=O)[C@H](Cc1ccccc1)NC(=O)COc1ccc(C[C@H](CC(=O)[C@H](CCC(=O)O)NC(=O)[C@H](CCC(=O)O)NC(=O)CCC(C(=O)O)N2CCN(CC(=O)O)CCN(C(CCC(=O)O)C(=O)O)CCN(CC(=O)O)CC2)C(=O)O)cc1)NC(=O)N[C@@H](CCC(=O)O)C(=O)O. The molecular weight excluding hydrogens is 1380 g/mol. The summed E-state index contributed by atoms with van der Waals surface area (Å²) in [6.45, 7) is -3.00. The van der Waals surface area contributed by atoms with Crippen molar-refractivity contribution >= 4 is 102 Å². The van der Waals surface area contributed by atoms with Gasteiger partial charge in [0.2, 0.25) is 17.7 Å². The lowest BCUT2D eigenvalue weighted by Gasteiger charge is -2.37. The third-order valence-corrected chi connectivity index (χ3v) is 16.4.